The molecule has 0 bridgehead atoms. The number of halogens is 2. The molecule has 11 heteroatoms. The summed E-state index contributed by atoms with van der Waals surface area (Å²) in [6.45, 7) is 6.56. The molecule has 4 rings (SSSR count). The molecule has 1 unspecified atom stereocenters. The second-order valence-electron chi connectivity index (χ2n) is 7.29. The van der Waals surface area contributed by atoms with Crippen LogP contribution in [0, 0.1) is 6.92 Å². The number of anilines is 2. The number of pyridine rings is 1. The Morgan fingerprint density at radius 3 is 2.59 bits per heavy atom. The molecule has 32 heavy (non-hydrogen) atoms. The third kappa shape index (κ3) is 5.17. The highest BCUT2D eigenvalue weighted by Crippen LogP contribution is 2.31. The third-order valence-corrected chi connectivity index (χ3v) is 6.44. The van der Waals surface area contributed by atoms with Gasteiger partial charge in [0.05, 0.1) is 34.2 Å². The van der Waals surface area contributed by atoms with Crippen LogP contribution in [0.25, 0.3) is 5.69 Å². The zero-order chi connectivity index (χ0) is 22.7. The molecule has 1 saturated heterocycles. The number of morpholine rings is 1. The average molecular weight is 493 g/mol. The van der Waals surface area contributed by atoms with Gasteiger partial charge in [0, 0.05) is 19.3 Å². The van der Waals surface area contributed by atoms with Gasteiger partial charge in [-0.15, -0.1) is 10.2 Å². The maximum atomic E-state index is 12.8. The van der Waals surface area contributed by atoms with Crippen LogP contribution in [0.4, 0.5) is 11.8 Å². The Labute approximate surface area is 200 Å². The van der Waals surface area contributed by atoms with Crippen molar-refractivity contribution in [3.05, 3.63) is 52.1 Å². The summed E-state index contributed by atoms with van der Waals surface area (Å²) in [6, 6.07) is 9.66. The summed E-state index contributed by atoms with van der Waals surface area (Å²) in [4.78, 5) is 19.0. The fraction of sp³-hybridized carbons (Fsp3) is 0.333. The SMILES string of the molecule is Cc1ccc(-n2c(SC(C)C(=O)Nc3ncc(Cl)cc3Cl)nnc2N2CCOCC2)cc1. The number of amides is 1. The van der Waals surface area contributed by atoms with Crippen molar-refractivity contribution in [1.29, 1.82) is 0 Å². The van der Waals surface area contributed by atoms with Crippen molar-refractivity contribution in [1.82, 2.24) is 19.7 Å². The van der Waals surface area contributed by atoms with Crippen molar-refractivity contribution < 1.29 is 9.53 Å². The summed E-state index contributed by atoms with van der Waals surface area (Å²) in [5.74, 6) is 0.746. The van der Waals surface area contributed by atoms with Crippen molar-refractivity contribution in [2.24, 2.45) is 0 Å². The second-order valence-corrected chi connectivity index (χ2v) is 9.44. The number of nitrogens with zero attached hydrogens (tertiary/aromatic N) is 5. The molecule has 1 amide bonds. The summed E-state index contributed by atoms with van der Waals surface area (Å²) >= 11 is 13.3. The molecule has 3 aromatic rings. The van der Waals surface area contributed by atoms with E-state index in [0.717, 1.165) is 30.3 Å². The highest BCUT2D eigenvalue weighted by Gasteiger charge is 2.25. The lowest BCUT2D eigenvalue weighted by molar-refractivity contribution is -0.115. The smallest absolute Gasteiger partial charge is 0.238 e. The van der Waals surface area contributed by atoms with E-state index in [1.165, 1.54) is 24.0 Å². The molecule has 0 radical (unpaired) electrons. The van der Waals surface area contributed by atoms with Crippen molar-refractivity contribution in [3.63, 3.8) is 0 Å². The number of carbonyl (C=O) groups is 1. The fourth-order valence-electron chi connectivity index (χ4n) is 3.16. The van der Waals surface area contributed by atoms with Gasteiger partial charge in [0.15, 0.2) is 11.0 Å². The Hall–Kier alpha value is -2.33. The van der Waals surface area contributed by atoms with Crippen LogP contribution < -0.4 is 10.2 Å². The van der Waals surface area contributed by atoms with E-state index in [1.54, 1.807) is 6.92 Å². The van der Waals surface area contributed by atoms with Gasteiger partial charge in [0.2, 0.25) is 11.9 Å². The molecule has 1 atom stereocenters. The standard InChI is InChI=1S/C21H22Cl2N6O2S/c1-13-3-5-16(6-4-13)29-20(28-7-9-31-10-8-28)26-27-21(29)32-14(2)19(30)25-18-17(23)11-15(22)12-24-18/h3-6,11-12,14H,7-10H2,1-2H3,(H,24,25,30). The van der Waals surface area contributed by atoms with E-state index in [4.69, 9.17) is 27.9 Å². The zero-order valence-corrected chi connectivity index (χ0v) is 19.9. The molecule has 1 aliphatic rings. The van der Waals surface area contributed by atoms with Gasteiger partial charge in [-0.05, 0) is 32.0 Å². The molecule has 0 aliphatic carbocycles. The number of carbonyl (C=O) groups excluding carboxylic acids is 1. The topological polar surface area (TPSA) is 85.2 Å². The number of hydrogen-bond donors (Lipinski definition) is 1. The number of ether oxygens (including phenoxy) is 1. The highest BCUT2D eigenvalue weighted by molar-refractivity contribution is 8.00. The lowest BCUT2D eigenvalue weighted by Gasteiger charge is -2.28. The van der Waals surface area contributed by atoms with Crippen molar-refractivity contribution in [3.8, 4) is 5.69 Å². The van der Waals surface area contributed by atoms with Crippen LogP contribution in [0.15, 0.2) is 41.7 Å². The molecule has 1 N–H and O–H groups in total. The van der Waals surface area contributed by atoms with Crippen LogP contribution in [0.1, 0.15) is 12.5 Å². The van der Waals surface area contributed by atoms with Crippen LogP contribution in [-0.4, -0.2) is 57.2 Å². The number of nitrogens with one attached hydrogen (secondary N) is 1. The van der Waals surface area contributed by atoms with E-state index in [-0.39, 0.29) is 16.7 Å². The van der Waals surface area contributed by atoms with E-state index >= 15 is 0 Å². The summed E-state index contributed by atoms with van der Waals surface area (Å²) in [6.07, 6.45) is 1.43. The monoisotopic (exact) mass is 492 g/mol. The normalized spacial score (nSPS) is 14.9. The third-order valence-electron chi connectivity index (χ3n) is 4.90. The van der Waals surface area contributed by atoms with Gasteiger partial charge in [0.25, 0.3) is 0 Å². The minimum atomic E-state index is -0.477. The lowest BCUT2D eigenvalue weighted by atomic mass is 10.2. The van der Waals surface area contributed by atoms with Crippen LogP contribution in [0.2, 0.25) is 10.0 Å². The molecule has 2 aromatic heterocycles. The zero-order valence-electron chi connectivity index (χ0n) is 17.6. The Balaban J connectivity index is 1.58. The van der Waals surface area contributed by atoms with Gasteiger partial charge >= 0.3 is 0 Å². The van der Waals surface area contributed by atoms with Crippen molar-refractivity contribution in [2.45, 2.75) is 24.3 Å². The Morgan fingerprint density at radius 1 is 1.19 bits per heavy atom. The minimum absolute atomic E-state index is 0.252. The molecule has 1 fully saturated rings. The predicted octanol–water partition coefficient (Wildman–Crippen LogP) is 4.23. The molecule has 0 spiro atoms. The van der Waals surface area contributed by atoms with Crippen LogP contribution in [-0.2, 0) is 9.53 Å². The van der Waals surface area contributed by atoms with Gasteiger partial charge in [-0.25, -0.2) is 4.98 Å². The molecular formula is C21H22Cl2N6O2S. The van der Waals surface area contributed by atoms with Crippen LogP contribution in [0.5, 0.6) is 0 Å². The number of aryl methyl sites for hydroxylation is 1. The first-order valence-corrected chi connectivity index (χ1v) is 11.7. The second kappa shape index (κ2) is 10.1. The first-order chi connectivity index (χ1) is 15.4. The molecule has 1 aromatic carbocycles. The first-order valence-electron chi connectivity index (χ1n) is 10.1. The summed E-state index contributed by atoms with van der Waals surface area (Å²) in [7, 11) is 0. The molecule has 168 valence electrons. The van der Waals surface area contributed by atoms with Gasteiger partial charge in [-0.3, -0.25) is 9.36 Å². The maximum absolute atomic E-state index is 12.8. The largest absolute Gasteiger partial charge is 0.378 e. The van der Waals surface area contributed by atoms with Gasteiger partial charge in [-0.2, -0.15) is 0 Å². The number of aromatic nitrogens is 4. The van der Waals surface area contributed by atoms with Gasteiger partial charge < -0.3 is 15.0 Å². The molecule has 1 aliphatic heterocycles. The van der Waals surface area contributed by atoms with Crippen molar-refractivity contribution in [2.75, 3.05) is 36.5 Å². The molecule has 0 saturated carbocycles. The van der Waals surface area contributed by atoms with E-state index in [9.17, 15) is 4.79 Å². The Bertz CT molecular complexity index is 1100. The van der Waals surface area contributed by atoms with Crippen molar-refractivity contribution >= 4 is 52.6 Å². The first kappa shape index (κ1) is 22.8. The number of rotatable bonds is 6. The minimum Gasteiger partial charge on any atom is -0.378 e. The molecular weight excluding hydrogens is 471 g/mol. The predicted molar refractivity (Wildman–Crippen MR) is 127 cm³/mol. The summed E-state index contributed by atoms with van der Waals surface area (Å²) < 4.78 is 7.46. The van der Waals surface area contributed by atoms with Gasteiger partial charge in [0.1, 0.15) is 0 Å². The number of thioether (sulfide) groups is 1. The maximum Gasteiger partial charge on any atom is 0.238 e. The fourth-order valence-corrected chi connectivity index (χ4v) is 4.45. The number of hydrogen-bond acceptors (Lipinski definition) is 7. The van der Waals surface area contributed by atoms with Gasteiger partial charge in [-0.1, -0.05) is 52.7 Å². The average Bonchev–Trinajstić information content (AvgIpc) is 3.20. The van der Waals surface area contributed by atoms with Crippen LogP contribution >= 0.6 is 35.0 Å². The quantitative estimate of drug-likeness (QED) is 0.515. The van der Waals surface area contributed by atoms with E-state index in [0.29, 0.717) is 23.4 Å². The Morgan fingerprint density at radius 2 is 1.91 bits per heavy atom. The molecule has 3 heterocycles. The highest BCUT2D eigenvalue weighted by atomic mass is 35.5. The number of benzene rings is 1. The lowest BCUT2D eigenvalue weighted by Crippen LogP contribution is -2.38. The van der Waals surface area contributed by atoms with Crippen LogP contribution in [0.3, 0.4) is 0 Å². The van der Waals surface area contributed by atoms with E-state index in [2.05, 4.69) is 25.4 Å². The Kier molecular flexibility index (Phi) is 7.20. The van der Waals surface area contributed by atoms with E-state index in [1.807, 2.05) is 35.8 Å². The molecule has 8 nitrogen and oxygen atoms in total. The summed E-state index contributed by atoms with van der Waals surface area (Å²) in [5.41, 5.74) is 2.09. The summed E-state index contributed by atoms with van der Waals surface area (Å²) in [5, 5.41) is 12.4. The van der Waals surface area contributed by atoms with E-state index < -0.39 is 5.25 Å².